The fourth-order valence-electron chi connectivity index (χ4n) is 2.77. The summed E-state index contributed by atoms with van der Waals surface area (Å²) in [7, 11) is 3.07. The smallest absolute Gasteiger partial charge is 0.328 e. The number of carbonyl (C=O) groups excluding carboxylic acids is 3. The van der Waals surface area contributed by atoms with Gasteiger partial charge in [-0.25, -0.2) is 4.79 Å². The molecule has 1 N–H and O–H groups in total. The molecule has 1 aliphatic rings. The Labute approximate surface area is 172 Å². The third kappa shape index (κ3) is 9.23. The van der Waals surface area contributed by atoms with Gasteiger partial charge in [0, 0.05) is 32.5 Å². The Hall–Kier alpha value is -2.19. The number of carbonyl (C=O) groups is 3. The summed E-state index contributed by atoms with van der Waals surface area (Å²) in [5, 5.41) is 2.61. The lowest BCUT2D eigenvalue weighted by Gasteiger charge is -2.21. The first-order valence-corrected chi connectivity index (χ1v) is 9.79. The molecule has 164 valence electrons. The second-order valence-corrected chi connectivity index (χ2v) is 7.13. The van der Waals surface area contributed by atoms with Crippen molar-refractivity contribution in [3.8, 4) is 0 Å². The average Bonchev–Trinajstić information content (AvgIpc) is 2.67. The molecule has 0 aromatic heterocycles. The van der Waals surface area contributed by atoms with E-state index in [1.807, 2.05) is 26.0 Å². The van der Waals surface area contributed by atoms with Crippen molar-refractivity contribution in [2.45, 2.75) is 51.9 Å². The molecular weight excluding hydrogens is 378 g/mol. The van der Waals surface area contributed by atoms with Gasteiger partial charge in [0.25, 0.3) is 0 Å². The Kier molecular flexibility index (Phi) is 11.2. The van der Waals surface area contributed by atoms with Crippen molar-refractivity contribution in [2.24, 2.45) is 11.8 Å². The van der Waals surface area contributed by atoms with E-state index in [0.29, 0.717) is 0 Å². The zero-order valence-corrected chi connectivity index (χ0v) is 17.9. The summed E-state index contributed by atoms with van der Waals surface area (Å²) in [6.07, 6.45) is 6.59. The van der Waals surface area contributed by atoms with Crippen LogP contribution in [0.2, 0.25) is 0 Å². The van der Waals surface area contributed by atoms with Crippen LogP contribution in [0.25, 0.3) is 0 Å². The van der Waals surface area contributed by atoms with Gasteiger partial charge in [0.15, 0.2) is 0 Å². The van der Waals surface area contributed by atoms with Gasteiger partial charge in [-0.3, -0.25) is 9.59 Å². The topological polar surface area (TPSA) is 100 Å². The minimum absolute atomic E-state index is 0.0401. The molecule has 0 spiro atoms. The normalized spacial score (nSPS) is 33.3. The van der Waals surface area contributed by atoms with E-state index in [2.05, 4.69) is 5.32 Å². The molecule has 1 aliphatic heterocycles. The molecule has 0 saturated carbocycles. The molecule has 8 nitrogen and oxygen atoms in total. The molecule has 29 heavy (non-hydrogen) atoms. The van der Waals surface area contributed by atoms with E-state index < -0.39 is 12.0 Å². The van der Waals surface area contributed by atoms with Crippen molar-refractivity contribution in [3.63, 3.8) is 0 Å². The zero-order valence-electron chi connectivity index (χ0n) is 17.9. The molecule has 0 saturated heterocycles. The fraction of sp³-hybridized carbons (Fsp3) is 0.667. The minimum atomic E-state index is -0.767. The fourth-order valence-corrected chi connectivity index (χ4v) is 2.77. The highest BCUT2D eigenvalue weighted by Crippen LogP contribution is 2.12. The number of cyclic esters (lactones) is 2. The molecule has 0 aromatic rings. The molecule has 1 heterocycles. The molecule has 0 radical (unpaired) electrons. The number of rotatable bonds is 2. The van der Waals surface area contributed by atoms with Crippen molar-refractivity contribution in [1.82, 2.24) is 5.32 Å². The van der Waals surface area contributed by atoms with Crippen LogP contribution in [0.15, 0.2) is 24.3 Å². The monoisotopic (exact) mass is 411 g/mol. The first-order valence-electron chi connectivity index (χ1n) is 9.79. The maximum atomic E-state index is 12.1. The Morgan fingerprint density at radius 3 is 1.93 bits per heavy atom. The molecule has 8 heteroatoms. The van der Waals surface area contributed by atoms with Crippen LogP contribution in [0, 0.1) is 11.8 Å². The zero-order chi connectivity index (χ0) is 21.8. The van der Waals surface area contributed by atoms with Gasteiger partial charge >= 0.3 is 11.9 Å². The number of methoxy groups -OCH3 is 2. The van der Waals surface area contributed by atoms with Crippen LogP contribution >= 0.6 is 0 Å². The van der Waals surface area contributed by atoms with Crippen molar-refractivity contribution in [3.05, 3.63) is 24.3 Å². The van der Waals surface area contributed by atoms with Gasteiger partial charge in [-0.2, -0.15) is 0 Å². The summed E-state index contributed by atoms with van der Waals surface area (Å²) in [6, 6.07) is -0.767. The number of nitrogens with one attached hydrogen (secondary N) is 1. The van der Waals surface area contributed by atoms with Crippen LogP contribution < -0.4 is 5.32 Å². The van der Waals surface area contributed by atoms with E-state index in [1.54, 1.807) is 26.2 Å². The summed E-state index contributed by atoms with van der Waals surface area (Å²) in [4.78, 5) is 36.2. The maximum absolute atomic E-state index is 12.1. The number of hydrogen-bond donors (Lipinski definition) is 1. The van der Waals surface area contributed by atoms with Crippen molar-refractivity contribution < 1.29 is 33.3 Å². The highest BCUT2D eigenvalue weighted by Gasteiger charge is 2.22. The maximum Gasteiger partial charge on any atom is 0.328 e. The van der Waals surface area contributed by atoms with Crippen molar-refractivity contribution >= 4 is 17.8 Å². The van der Waals surface area contributed by atoms with Crippen LogP contribution in [-0.2, 0) is 33.3 Å². The van der Waals surface area contributed by atoms with Crippen molar-refractivity contribution in [1.29, 1.82) is 0 Å². The van der Waals surface area contributed by atoms with Crippen LogP contribution in [-0.4, -0.2) is 63.5 Å². The predicted molar refractivity (Wildman–Crippen MR) is 107 cm³/mol. The third-order valence-corrected chi connectivity index (χ3v) is 4.77. The van der Waals surface area contributed by atoms with E-state index in [0.717, 1.165) is 0 Å². The Balaban J connectivity index is 2.90. The molecule has 0 unspecified atom stereocenters. The van der Waals surface area contributed by atoms with Crippen LogP contribution in [0.5, 0.6) is 0 Å². The van der Waals surface area contributed by atoms with Gasteiger partial charge in [-0.05, 0) is 6.92 Å². The van der Waals surface area contributed by atoms with E-state index in [-0.39, 0.29) is 62.0 Å². The van der Waals surface area contributed by atoms with Crippen LogP contribution in [0.3, 0.4) is 0 Å². The standard InChI is InChI=1S/C21H33NO7/c1-14-8-6-10-19(23)22-16(3)21(25)29-13-18(27-5)15(2)9-7-11-20(24)28-12-17(14)26-4/h6-9,14-18H,10-13H2,1-5H3,(H,22,23)/b8-6+,9-7+/t14-,15+,16+,17-,18+/m1/s1. The molecule has 5 atom stereocenters. The highest BCUT2D eigenvalue weighted by molar-refractivity contribution is 5.84. The second-order valence-electron chi connectivity index (χ2n) is 7.13. The number of ether oxygens (including phenoxy) is 4. The Bertz CT molecular complexity index is 602. The third-order valence-electron chi connectivity index (χ3n) is 4.77. The average molecular weight is 411 g/mol. The first kappa shape index (κ1) is 24.8. The number of esters is 2. The molecular formula is C21H33NO7. The van der Waals surface area contributed by atoms with E-state index >= 15 is 0 Å². The van der Waals surface area contributed by atoms with E-state index in [1.165, 1.54) is 7.11 Å². The summed E-state index contributed by atoms with van der Waals surface area (Å²) < 4.78 is 21.3. The molecule has 1 rings (SSSR count). The summed E-state index contributed by atoms with van der Waals surface area (Å²) >= 11 is 0. The van der Waals surface area contributed by atoms with Gasteiger partial charge in [0.1, 0.15) is 19.3 Å². The van der Waals surface area contributed by atoms with Crippen LogP contribution in [0.4, 0.5) is 0 Å². The molecule has 1 amide bonds. The SMILES string of the molecule is CO[C@H]1COC(=O)[C@H](C)NC(=O)C/C=C/[C@@H](C)[C@H](OC)COC(=O)C/C=C/[C@@H]1C. The molecule has 0 bridgehead atoms. The minimum Gasteiger partial charge on any atom is -0.463 e. The van der Waals surface area contributed by atoms with Gasteiger partial charge < -0.3 is 24.3 Å². The molecule has 0 aromatic carbocycles. The van der Waals surface area contributed by atoms with Gasteiger partial charge in [-0.1, -0.05) is 38.2 Å². The lowest BCUT2D eigenvalue weighted by atomic mass is 10.0. The summed E-state index contributed by atoms with van der Waals surface area (Å²) in [5.41, 5.74) is 0. The summed E-state index contributed by atoms with van der Waals surface area (Å²) in [5.74, 6) is -1.35. The highest BCUT2D eigenvalue weighted by atomic mass is 16.6. The number of hydrogen-bond acceptors (Lipinski definition) is 7. The lowest BCUT2D eigenvalue weighted by Crippen LogP contribution is -2.40. The van der Waals surface area contributed by atoms with E-state index in [9.17, 15) is 14.4 Å². The summed E-state index contributed by atoms with van der Waals surface area (Å²) in [6.45, 7) is 5.54. The molecule has 0 fully saturated rings. The van der Waals surface area contributed by atoms with Crippen molar-refractivity contribution in [2.75, 3.05) is 27.4 Å². The number of amides is 1. The first-order chi connectivity index (χ1) is 13.8. The largest absolute Gasteiger partial charge is 0.463 e. The Morgan fingerprint density at radius 2 is 1.38 bits per heavy atom. The lowest BCUT2D eigenvalue weighted by molar-refractivity contribution is -0.151. The van der Waals surface area contributed by atoms with Gasteiger partial charge in [-0.15, -0.1) is 0 Å². The van der Waals surface area contributed by atoms with Gasteiger partial charge in [0.05, 0.1) is 18.6 Å². The predicted octanol–water partition coefficient (Wildman–Crippen LogP) is 1.79. The quantitative estimate of drug-likeness (QED) is 0.546. The molecule has 0 aliphatic carbocycles. The Morgan fingerprint density at radius 1 is 0.862 bits per heavy atom. The van der Waals surface area contributed by atoms with Crippen LogP contribution in [0.1, 0.15) is 33.6 Å². The second kappa shape index (κ2) is 13.1. The van der Waals surface area contributed by atoms with E-state index in [4.69, 9.17) is 18.9 Å². The van der Waals surface area contributed by atoms with Gasteiger partial charge in [0.2, 0.25) is 5.91 Å².